The van der Waals surface area contributed by atoms with Gasteiger partial charge in [-0.15, -0.1) is 5.10 Å². The number of carbonyl (C=O) groups excluding carboxylic acids is 1. The van der Waals surface area contributed by atoms with Crippen LogP contribution in [0.4, 0.5) is 5.69 Å². The van der Waals surface area contributed by atoms with Crippen LogP contribution in [0.3, 0.4) is 0 Å². The minimum Gasteiger partial charge on any atom is -0.385 e. The molecule has 9 heteroatoms. The summed E-state index contributed by atoms with van der Waals surface area (Å²) in [6.07, 6.45) is 0.721. The lowest BCUT2D eigenvalue weighted by molar-refractivity contribution is -0.128. The molecule has 1 amide bonds. The first-order valence-electron chi connectivity index (χ1n) is 9.03. The third kappa shape index (κ3) is 5.14. The Hall–Kier alpha value is -2.26. The fourth-order valence-corrected chi connectivity index (χ4v) is 3.92. The topological polar surface area (TPSA) is 83.5 Å². The van der Waals surface area contributed by atoms with Crippen molar-refractivity contribution in [3.63, 3.8) is 0 Å². The van der Waals surface area contributed by atoms with Crippen molar-refractivity contribution < 1.29 is 9.53 Å². The highest BCUT2D eigenvalue weighted by Gasteiger charge is 2.22. The Balaban J connectivity index is 1.48. The Bertz CT molecular complexity index is 784. The number of H-pyrrole nitrogens is 1. The zero-order valence-corrected chi connectivity index (χ0v) is 16.3. The van der Waals surface area contributed by atoms with E-state index >= 15 is 0 Å². The van der Waals surface area contributed by atoms with Gasteiger partial charge < -0.3 is 14.5 Å². The van der Waals surface area contributed by atoms with Gasteiger partial charge in [-0.3, -0.25) is 9.36 Å². The summed E-state index contributed by atoms with van der Waals surface area (Å²) in [5.41, 5.74) is 0.938. The molecular weight excluding hydrogens is 366 g/mol. The normalized spacial score (nSPS) is 14.6. The number of piperazine rings is 1. The molecule has 0 radical (unpaired) electrons. The predicted octanol–water partition coefficient (Wildman–Crippen LogP) is 1.05. The molecule has 0 spiro atoms. The van der Waals surface area contributed by atoms with Crippen LogP contribution in [-0.2, 0) is 16.1 Å². The maximum atomic E-state index is 12.5. The Labute approximate surface area is 162 Å². The third-order valence-electron chi connectivity index (χ3n) is 4.53. The molecule has 0 aliphatic carbocycles. The van der Waals surface area contributed by atoms with Gasteiger partial charge in [0.1, 0.15) is 0 Å². The minimum atomic E-state index is -0.252. The van der Waals surface area contributed by atoms with Gasteiger partial charge in [0.15, 0.2) is 5.16 Å². The Morgan fingerprint density at radius 2 is 1.96 bits per heavy atom. The Morgan fingerprint density at radius 1 is 1.22 bits per heavy atom. The quantitative estimate of drug-likeness (QED) is 0.535. The van der Waals surface area contributed by atoms with E-state index in [1.54, 1.807) is 11.7 Å². The monoisotopic (exact) mass is 391 g/mol. The zero-order chi connectivity index (χ0) is 19.1. The number of nitrogens with one attached hydrogen (secondary N) is 1. The average Bonchev–Trinajstić information content (AvgIpc) is 3.07. The van der Waals surface area contributed by atoms with Gasteiger partial charge in [-0.05, 0) is 18.6 Å². The predicted molar refractivity (Wildman–Crippen MR) is 105 cm³/mol. The first kappa shape index (κ1) is 19.5. The lowest BCUT2D eigenvalue weighted by Crippen LogP contribution is -2.49. The van der Waals surface area contributed by atoms with E-state index in [1.165, 1.54) is 17.4 Å². The maximum Gasteiger partial charge on any atom is 0.343 e. The second-order valence-electron chi connectivity index (χ2n) is 6.30. The average molecular weight is 391 g/mol. The molecule has 0 saturated carbocycles. The number of hydrogen-bond donors (Lipinski definition) is 1. The van der Waals surface area contributed by atoms with Crippen molar-refractivity contribution in [3.05, 3.63) is 40.8 Å². The summed E-state index contributed by atoms with van der Waals surface area (Å²) in [6.45, 7) is 4.15. The molecule has 1 fully saturated rings. The highest BCUT2D eigenvalue weighted by atomic mass is 32.2. The van der Waals surface area contributed by atoms with Crippen LogP contribution in [0.1, 0.15) is 6.42 Å². The summed E-state index contributed by atoms with van der Waals surface area (Å²) in [6, 6.07) is 10.2. The zero-order valence-electron chi connectivity index (χ0n) is 15.5. The van der Waals surface area contributed by atoms with Crippen LogP contribution in [-0.4, -0.2) is 71.2 Å². The number of thioether (sulfide) groups is 1. The molecule has 0 bridgehead atoms. The van der Waals surface area contributed by atoms with Crippen molar-refractivity contribution in [2.75, 3.05) is 50.5 Å². The van der Waals surface area contributed by atoms with E-state index in [0.717, 1.165) is 19.5 Å². The summed E-state index contributed by atoms with van der Waals surface area (Å²) in [5.74, 6) is 0.353. The summed E-state index contributed by atoms with van der Waals surface area (Å²) in [7, 11) is 1.63. The molecule has 146 valence electrons. The number of benzene rings is 1. The van der Waals surface area contributed by atoms with Crippen molar-refractivity contribution in [2.45, 2.75) is 18.1 Å². The highest BCUT2D eigenvalue weighted by Crippen LogP contribution is 2.18. The lowest BCUT2D eigenvalue weighted by atomic mass is 10.2. The number of aromatic nitrogens is 3. The molecule has 1 aliphatic rings. The number of rotatable bonds is 8. The molecule has 0 unspecified atom stereocenters. The van der Waals surface area contributed by atoms with E-state index in [4.69, 9.17) is 4.74 Å². The van der Waals surface area contributed by atoms with E-state index in [2.05, 4.69) is 27.2 Å². The Morgan fingerprint density at radius 3 is 2.67 bits per heavy atom. The number of ether oxygens (including phenoxy) is 1. The number of anilines is 1. The van der Waals surface area contributed by atoms with Crippen LogP contribution in [0, 0.1) is 0 Å². The summed E-state index contributed by atoms with van der Waals surface area (Å²) >= 11 is 1.30. The lowest BCUT2D eigenvalue weighted by Gasteiger charge is -2.36. The number of para-hydroxylation sites is 1. The number of nitrogens with zero attached hydrogens (tertiary/aromatic N) is 4. The molecule has 0 atom stereocenters. The largest absolute Gasteiger partial charge is 0.385 e. The van der Waals surface area contributed by atoms with Crippen LogP contribution < -0.4 is 10.6 Å². The van der Waals surface area contributed by atoms with E-state index in [-0.39, 0.29) is 17.3 Å². The van der Waals surface area contributed by atoms with Crippen LogP contribution in [0.5, 0.6) is 0 Å². The molecule has 1 aromatic heterocycles. The summed E-state index contributed by atoms with van der Waals surface area (Å²) < 4.78 is 6.58. The van der Waals surface area contributed by atoms with Gasteiger partial charge in [-0.1, -0.05) is 30.0 Å². The van der Waals surface area contributed by atoms with E-state index in [9.17, 15) is 9.59 Å². The SMILES string of the molecule is COCCCn1c(SCC(=O)N2CCN(c3ccccc3)CC2)n[nH]c1=O. The first-order chi connectivity index (χ1) is 13.2. The molecule has 27 heavy (non-hydrogen) atoms. The molecule has 1 aromatic carbocycles. The number of methoxy groups -OCH3 is 1. The first-order valence-corrected chi connectivity index (χ1v) is 10.0. The van der Waals surface area contributed by atoms with Gasteiger partial charge in [0.2, 0.25) is 5.91 Å². The van der Waals surface area contributed by atoms with Gasteiger partial charge in [-0.2, -0.15) is 0 Å². The van der Waals surface area contributed by atoms with Gasteiger partial charge in [0.25, 0.3) is 0 Å². The van der Waals surface area contributed by atoms with Gasteiger partial charge in [0, 0.05) is 52.1 Å². The van der Waals surface area contributed by atoms with E-state index < -0.39 is 0 Å². The molecule has 8 nitrogen and oxygen atoms in total. The van der Waals surface area contributed by atoms with Crippen LogP contribution in [0.25, 0.3) is 0 Å². The van der Waals surface area contributed by atoms with Crippen molar-refractivity contribution in [1.29, 1.82) is 0 Å². The Kier molecular flexibility index (Phi) is 6.94. The number of hydrogen-bond acceptors (Lipinski definition) is 6. The van der Waals surface area contributed by atoms with E-state index in [0.29, 0.717) is 31.4 Å². The van der Waals surface area contributed by atoms with Gasteiger partial charge in [-0.25, -0.2) is 9.89 Å². The molecular formula is C18H25N5O3S. The van der Waals surface area contributed by atoms with Crippen molar-refractivity contribution in [2.24, 2.45) is 0 Å². The van der Waals surface area contributed by atoms with Crippen LogP contribution >= 0.6 is 11.8 Å². The van der Waals surface area contributed by atoms with Crippen molar-refractivity contribution >= 4 is 23.4 Å². The smallest absolute Gasteiger partial charge is 0.343 e. The fourth-order valence-electron chi connectivity index (χ4n) is 3.05. The minimum absolute atomic E-state index is 0.0756. The molecule has 1 N–H and O–H groups in total. The second-order valence-corrected chi connectivity index (χ2v) is 7.24. The van der Waals surface area contributed by atoms with Crippen molar-refractivity contribution in [1.82, 2.24) is 19.7 Å². The fraction of sp³-hybridized carbons (Fsp3) is 0.500. The molecule has 2 aromatic rings. The number of aromatic amines is 1. The molecule has 1 saturated heterocycles. The maximum absolute atomic E-state index is 12.5. The number of amides is 1. The molecule has 3 rings (SSSR count). The van der Waals surface area contributed by atoms with Crippen LogP contribution in [0.15, 0.2) is 40.3 Å². The number of carbonyl (C=O) groups is 1. The van der Waals surface area contributed by atoms with E-state index in [1.807, 2.05) is 23.1 Å². The standard InChI is InChI=1S/C18H25N5O3S/c1-26-13-5-8-23-17(25)19-20-18(23)27-14-16(24)22-11-9-21(10-12-22)15-6-3-2-4-7-15/h2-4,6-7H,5,8-14H2,1H3,(H,19,25). The second kappa shape index (κ2) is 9.61. The van der Waals surface area contributed by atoms with Crippen molar-refractivity contribution in [3.8, 4) is 0 Å². The van der Waals surface area contributed by atoms with Gasteiger partial charge >= 0.3 is 5.69 Å². The van der Waals surface area contributed by atoms with Gasteiger partial charge in [0.05, 0.1) is 5.75 Å². The molecule has 2 heterocycles. The molecule has 1 aliphatic heterocycles. The highest BCUT2D eigenvalue weighted by molar-refractivity contribution is 7.99. The third-order valence-corrected chi connectivity index (χ3v) is 5.49. The summed E-state index contributed by atoms with van der Waals surface area (Å²) in [5, 5.41) is 7.04. The van der Waals surface area contributed by atoms with Crippen LogP contribution in [0.2, 0.25) is 0 Å². The summed E-state index contributed by atoms with van der Waals surface area (Å²) in [4.78, 5) is 28.5.